The molecule has 4 rings (SSSR count). The number of carbonyl (C=O) groups is 1. The fourth-order valence-electron chi connectivity index (χ4n) is 3.56. The Morgan fingerprint density at radius 3 is 2.55 bits per heavy atom. The molecule has 0 saturated carbocycles. The minimum Gasteiger partial charge on any atom is -0.486 e. The van der Waals surface area contributed by atoms with E-state index >= 15 is 0 Å². The highest BCUT2D eigenvalue weighted by molar-refractivity contribution is 5.96. The molecule has 0 aliphatic carbocycles. The smallest absolute Gasteiger partial charge is 0.258 e. The topological polar surface area (TPSA) is 69.5 Å². The van der Waals surface area contributed by atoms with Crippen LogP contribution in [0.3, 0.4) is 0 Å². The lowest BCUT2D eigenvalue weighted by molar-refractivity contribution is 0.0728. The number of fused-ring (bicyclic) bond motifs is 1. The second kappa shape index (κ2) is 7.95. The Bertz CT molecular complexity index is 1030. The van der Waals surface area contributed by atoms with Crippen molar-refractivity contribution in [3.63, 3.8) is 0 Å². The third-order valence-electron chi connectivity index (χ3n) is 5.09. The van der Waals surface area contributed by atoms with Gasteiger partial charge in [-0.2, -0.15) is 5.10 Å². The summed E-state index contributed by atoms with van der Waals surface area (Å²) in [5.74, 6) is 1.41. The fraction of sp³-hybridized carbons (Fsp3) is 0.318. The van der Waals surface area contributed by atoms with E-state index in [4.69, 9.17) is 9.47 Å². The van der Waals surface area contributed by atoms with Crippen LogP contribution in [0.4, 0.5) is 0 Å². The van der Waals surface area contributed by atoms with Crippen LogP contribution in [0, 0.1) is 13.8 Å². The van der Waals surface area contributed by atoms with Crippen molar-refractivity contribution in [3.8, 4) is 11.5 Å². The Labute approximate surface area is 169 Å². The third kappa shape index (κ3) is 3.94. The summed E-state index contributed by atoms with van der Waals surface area (Å²) in [4.78, 5) is 19.5. The molecule has 1 aliphatic rings. The van der Waals surface area contributed by atoms with Gasteiger partial charge in [0.1, 0.15) is 13.2 Å². The minimum absolute atomic E-state index is 0.0492. The van der Waals surface area contributed by atoms with Crippen molar-refractivity contribution < 1.29 is 14.3 Å². The molecular formula is C22H24N4O3. The van der Waals surface area contributed by atoms with Gasteiger partial charge in [0.2, 0.25) is 0 Å². The number of hydrogen-bond acceptors (Lipinski definition) is 5. The van der Waals surface area contributed by atoms with Gasteiger partial charge < -0.3 is 14.4 Å². The van der Waals surface area contributed by atoms with E-state index in [0.29, 0.717) is 31.9 Å². The van der Waals surface area contributed by atoms with Gasteiger partial charge in [0.05, 0.1) is 11.3 Å². The number of nitrogens with zero attached hydrogens (tertiary/aromatic N) is 4. The Kier molecular flexibility index (Phi) is 5.20. The van der Waals surface area contributed by atoms with Gasteiger partial charge in [0.25, 0.3) is 5.91 Å². The Hall–Kier alpha value is -3.35. The highest BCUT2D eigenvalue weighted by Crippen LogP contribution is 2.31. The molecule has 1 aliphatic heterocycles. The maximum absolute atomic E-state index is 13.5. The van der Waals surface area contributed by atoms with Crippen LogP contribution < -0.4 is 9.47 Å². The first-order chi connectivity index (χ1) is 14.0. The van der Waals surface area contributed by atoms with Crippen LogP contribution in [0.15, 0.2) is 42.7 Å². The normalized spacial score (nSPS) is 12.7. The van der Waals surface area contributed by atoms with E-state index in [1.165, 1.54) is 0 Å². The molecular weight excluding hydrogens is 368 g/mol. The van der Waals surface area contributed by atoms with Gasteiger partial charge in [-0.1, -0.05) is 12.1 Å². The summed E-state index contributed by atoms with van der Waals surface area (Å²) in [5.41, 5.74) is 4.18. The molecule has 3 heterocycles. The van der Waals surface area contributed by atoms with E-state index < -0.39 is 0 Å². The molecule has 0 spiro atoms. The van der Waals surface area contributed by atoms with Crippen LogP contribution >= 0.6 is 0 Å². The molecule has 7 heteroatoms. The molecule has 0 fully saturated rings. The second-order valence-corrected chi connectivity index (χ2v) is 7.17. The third-order valence-corrected chi connectivity index (χ3v) is 5.09. The van der Waals surface area contributed by atoms with E-state index in [-0.39, 0.29) is 5.91 Å². The first-order valence-corrected chi connectivity index (χ1v) is 9.60. The van der Waals surface area contributed by atoms with Gasteiger partial charge in [0, 0.05) is 38.2 Å². The summed E-state index contributed by atoms with van der Waals surface area (Å²) in [6.07, 6.45) is 3.51. The van der Waals surface area contributed by atoms with E-state index in [1.54, 1.807) is 17.1 Å². The predicted octanol–water partition coefficient (Wildman–Crippen LogP) is 3.05. The van der Waals surface area contributed by atoms with Gasteiger partial charge in [-0.05, 0) is 43.2 Å². The summed E-state index contributed by atoms with van der Waals surface area (Å²) >= 11 is 0. The lowest BCUT2D eigenvalue weighted by Gasteiger charge is -2.24. The largest absolute Gasteiger partial charge is 0.486 e. The maximum Gasteiger partial charge on any atom is 0.258 e. The Balaban J connectivity index is 1.66. The molecule has 0 saturated heterocycles. The number of ether oxygens (including phenoxy) is 2. The molecule has 0 radical (unpaired) electrons. The first kappa shape index (κ1) is 19.0. The first-order valence-electron chi connectivity index (χ1n) is 9.60. The van der Waals surface area contributed by atoms with Gasteiger partial charge in [-0.3, -0.25) is 14.5 Å². The molecule has 0 unspecified atom stereocenters. The Morgan fingerprint density at radius 2 is 1.86 bits per heavy atom. The van der Waals surface area contributed by atoms with E-state index in [1.807, 2.05) is 56.1 Å². The van der Waals surface area contributed by atoms with E-state index in [9.17, 15) is 4.79 Å². The van der Waals surface area contributed by atoms with Crippen LogP contribution in [-0.2, 0) is 20.1 Å². The van der Waals surface area contributed by atoms with Crippen molar-refractivity contribution >= 4 is 5.91 Å². The second-order valence-electron chi connectivity index (χ2n) is 7.17. The molecule has 2 aromatic heterocycles. The molecule has 29 heavy (non-hydrogen) atoms. The molecule has 1 aromatic carbocycles. The SMILES string of the molecule is Cc1nn(C)c(C)c1C(=O)N(Cc1cccnc1)Cc1ccc2c(c1)OCCO2. The molecule has 0 bridgehead atoms. The summed E-state index contributed by atoms with van der Waals surface area (Å²) < 4.78 is 13.0. The molecule has 1 amide bonds. The molecule has 150 valence electrons. The van der Waals surface area contributed by atoms with Crippen molar-refractivity contribution in [2.75, 3.05) is 13.2 Å². The van der Waals surface area contributed by atoms with Crippen molar-refractivity contribution in [3.05, 3.63) is 70.8 Å². The van der Waals surface area contributed by atoms with Crippen LogP contribution in [-0.4, -0.2) is 38.8 Å². The predicted molar refractivity (Wildman–Crippen MR) is 108 cm³/mol. The molecule has 0 atom stereocenters. The lowest BCUT2D eigenvalue weighted by atomic mass is 10.1. The van der Waals surface area contributed by atoms with Gasteiger partial charge in [-0.25, -0.2) is 0 Å². The maximum atomic E-state index is 13.5. The number of benzene rings is 1. The number of aryl methyl sites for hydroxylation is 2. The fourth-order valence-corrected chi connectivity index (χ4v) is 3.56. The summed E-state index contributed by atoms with van der Waals surface area (Å²) in [5, 5.41) is 4.41. The van der Waals surface area contributed by atoms with Crippen molar-refractivity contribution in [1.29, 1.82) is 0 Å². The lowest BCUT2D eigenvalue weighted by Crippen LogP contribution is -2.31. The number of pyridine rings is 1. The summed E-state index contributed by atoms with van der Waals surface area (Å²) in [6, 6.07) is 9.67. The molecule has 3 aromatic rings. The van der Waals surface area contributed by atoms with Gasteiger partial charge in [-0.15, -0.1) is 0 Å². The van der Waals surface area contributed by atoms with Gasteiger partial charge in [0.15, 0.2) is 11.5 Å². The van der Waals surface area contributed by atoms with Crippen LogP contribution in [0.2, 0.25) is 0 Å². The number of hydrogen-bond donors (Lipinski definition) is 0. The molecule has 7 nitrogen and oxygen atoms in total. The number of aromatic nitrogens is 3. The molecule has 0 N–H and O–H groups in total. The number of rotatable bonds is 5. The van der Waals surface area contributed by atoms with Crippen LogP contribution in [0.1, 0.15) is 32.9 Å². The zero-order chi connectivity index (χ0) is 20.4. The number of amides is 1. The van der Waals surface area contributed by atoms with Crippen molar-refractivity contribution in [2.24, 2.45) is 7.05 Å². The van der Waals surface area contributed by atoms with E-state index in [2.05, 4.69) is 10.1 Å². The minimum atomic E-state index is -0.0492. The van der Waals surface area contributed by atoms with E-state index in [0.717, 1.165) is 34.0 Å². The number of carbonyl (C=O) groups excluding carboxylic acids is 1. The highest BCUT2D eigenvalue weighted by atomic mass is 16.6. The van der Waals surface area contributed by atoms with Crippen LogP contribution in [0.5, 0.6) is 11.5 Å². The zero-order valence-electron chi connectivity index (χ0n) is 16.9. The van der Waals surface area contributed by atoms with Gasteiger partial charge >= 0.3 is 0 Å². The Morgan fingerprint density at radius 1 is 1.10 bits per heavy atom. The average molecular weight is 392 g/mol. The quantitative estimate of drug-likeness (QED) is 0.668. The van der Waals surface area contributed by atoms with Crippen molar-refractivity contribution in [1.82, 2.24) is 19.7 Å². The average Bonchev–Trinajstić information content (AvgIpc) is 2.99. The summed E-state index contributed by atoms with van der Waals surface area (Å²) in [7, 11) is 1.85. The van der Waals surface area contributed by atoms with Crippen molar-refractivity contribution in [2.45, 2.75) is 26.9 Å². The van der Waals surface area contributed by atoms with Crippen LogP contribution in [0.25, 0.3) is 0 Å². The zero-order valence-corrected chi connectivity index (χ0v) is 16.9. The highest BCUT2D eigenvalue weighted by Gasteiger charge is 2.24. The monoisotopic (exact) mass is 392 g/mol. The standard InChI is InChI=1S/C22H24N4O3/c1-15-21(16(2)25(3)24-15)22(27)26(14-18-5-4-8-23-12-18)13-17-6-7-19-20(11-17)29-10-9-28-19/h4-8,11-12H,9-10,13-14H2,1-3H3. The summed E-state index contributed by atoms with van der Waals surface area (Å²) in [6.45, 7) is 5.76.